The van der Waals surface area contributed by atoms with E-state index in [0.717, 1.165) is 0 Å². The molecule has 0 spiro atoms. The van der Waals surface area contributed by atoms with E-state index in [2.05, 4.69) is 10.3 Å². The number of carboxylic acids is 1. The Bertz CT molecular complexity index is 451. The minimum Gasteiger partial charge on any atom is -0.480 e. The number of nitrogens with zero attached hydrogens (tertiary/aromatic N) is 1. The standard InChI is InChI=1S/C10H10Cl2N2O3/c1-2-7(10(16)17)14-9(15)5-3-8(12)13-4-6(5)11/h3-4,7H,2H2,1H3,(H,14,15)(H,16,17). The third kappa shape index (κ3) is 3.57. The van der Waals surface area contributed by atoms with Gasteiger partial charge in [-0.05, 0) is 12.5 Å². The van der Waals surface area contributed by atoms with Crippen molar-refractivity contribution in [2.24, 2.45) is 0 Å². The normalized spacial score (nSPS) is 11.9. The fourth-order valence-corrected chi connectivity index (χ4v) is 1.51. The predicted octanol–water partition coefficient (Wildman–Crippen LogP) is 1.98. The molecule has 1 aromatic rings. The average molecular weight is 277 g/mol. The van der Waals surface area contributed by atoms with E-state index in [4.69, 9.17) is 28.3 Å². The molecule has 1 aromatic heterocycles. The Labute approximate surface area is 108 Å². The van der Waals surface area contributed by atoms with Crippen LogP contribution in [0.15, 0.2) is 12.3 Å². The molecular weight excluding hydrogens is 267 g/mol. The molecule has 0 aliphatic rings. The first kappa shape index (κ1) is 13.7. The maximum Gasteiger partial charge on any atom is 0.326 e. The number of rotatable bonds is 4. The first-order valence-electron chi connectivity index (χ1n) is 4.80. The Morgan fingerprint density at radius 3 is 2.71 bits per heavy atom. The molecule has 7 heteroatoms. The third-order valence-corrected chi connectivity index (χ3v) is 2.59. The maximum atomic E-state index is 11.7. The van der Waals surface area contributed by atoms with E-state index in [-0.39, 0.29) is 22.2 Å². The molecule has 92 valence electrons. The van der Waals surface area contributed by atoms with Crippen LogP contribution in [0.2, 0.25) is 10.2 Å². The summed E-state index contributed by atoms with van der Waals surface area (Å²) in [5.74, 6) is -1.69. The lowest BCUT2D eigenvalue weighted by Gasteiger charge is -2.12. The fraction of sp³-hybridized carbons (Fsp3) is 0.300. The molecule has 0 aliphatic carbocycles. The van der Waals surface area contributed by atoms with Crippen LogP contribution in [0.3, 0.4) is 0 Å². The predicted molar refractivity (Wildman–Crippen MR) is 63.4 cm³/mol. The van der Waals surface area contributed by atoms with Crippen LogP contribution in [0.4, 0.5) is 0 Å². The number of hydrogen-bond donors (Lipinski definition) is 2. The van der Waals surface area contributed by atoms with Crippen LogP contribution in [-0.4, -0.2) is 28.0 Å². The number of carboxylic acid groups (broad SMARTS) is 1. The van der Waals surface area contributed by atoms with Gasteiger partial charge in [-0.1, -0.05) is 30.1 Å². The summed E-state index contributed by atoms with van der Waals surface area (Å²) < 4.78 is 0. The number of aliphatic carboxylic acids is 1. The molecule has 17 heavy (non-hydrogen) atoms. The van der Waals surface area contributed by atoms with Crippen molar-refractivity contribution in [2.75, 3.05) is 0 Å². The van der Waals surface area contributed by atoms with Crippen molar-refractivity contribution < 1.29 is 14.7 Å². The maximum absolute atomic E-state index is 11.7. The summed E-state index contributed by atoms with van der Waals surface area (Å²) in [6.45, 7) is 1.65. The van der Waals surface area contributed by atoms with Gasteiger partial charge >= 0.3 is 5.97 Å². The van der Waals surface area contributed by atoms with Crippen LogP contribution in [0.1, 0.15) is 23.7 Å². The smallest absolute Gasteiger partial charge is 0.326 e. The van der Waals surface area contributed by atoms with Crippen LogP contribution in [0.25, 0.3) is 0 Å². The lowest BCUT2D eigenvalue weighted by Crippen LogP contribution is -2.40. The monoisotopic (exact) mass is 276 g/mol. The zero-order valence-corrected chi connectivity index (χ0v) is 10.4. The summed E-state index contributed by atoms with van der Waals surface area (Å²) in [4.78, 5) is 26.2. The fourth-order valence-electron chi connectivity index (χ4n) is 1.16. The molecule has 1 amide bonds. The van der Waals surface area contributed by atoms with Gasteiger partial charge in [0.1, 0.15) is 11.2 Å². The summed E-state index contributed by atoms with van der Waals surface area (Å²) >= 11 is 11.4. The Morgan fingerprint density at radius 1 is 1.53 bits per heavy atom. The first-order valence-corrected chi connectivity index (χ1v) is 5.56. The number of carbonyl (C=O) groups is 2. The van der Waals surface area contributed by atoms with E-state index < -0.39 is 17.9 Å². The van der Waals surface area contributed by atoms with E-state index in [1.807, 2.05) is 0 Å². The van der Waals surface area contributed by atoms with Gasteiger partial charge in [0.25, 0.3) is 5.91 Å². The van der Waals surface area contributed by atoms with Crippen molar-refractivity contribution in [2.45, 2.75) is 19.4 Å². The molecule has 0 radical (unpaired) electrons. The van der Waals surface area contributed by atoms with Crippen LogP contribution >= 0.6 is 23.2 Å². The van der Waals surface area contributed by atoms with Gasteiger partial charge in [0.2, 0.25) is 0 Å². The number of amides is 1. The lowest BCUT2D eigenvalue weighted by atomic mass is 10.2. The second kappa shape index (κ2) is 5.84. The SMILES string of the molecule is CCC(NC(=O)c1cc(Cl)ncc1Cl)C(=O)O. The highest BCUT2D eigenvalue weighted by Crippen LogP contribution is 2.18. The number of nitrogens with one attached hydrogen (secondary N) is 1. The Hall–Kier alpha value is -1.33. The highest BCUT2D eigenvalue weighted by atomic mass is 35.5. The van der Waals surface area contributed by atoms with Crippen LogP contribution in [-0.2, 0) is 4.79 Å². The molecule has 0 fully saturated rings. The molecule has 1 rings (SSSR count). The van der Waals surface area contributed by atoms with Crippen molar-refractivity contribution in [3.05, 3.63) is 28.0 Å². The Balaban J connectivity index is 2.89. The number of aromatic nitrogens is 1. The van der Waals surface area contributed by atoms with Gasteiger partial charge in [-0.2, -0.15) is 0 Å². The first-order chi connectivity index (χ1) is 7.95. The van der Waals surface area contributed by atoms with Crippen molar-refractivity contribution in [3.8, 4) is 0 Å². The number of pyridine rings is 1. The van der Waals surface area contributed by atoms with Gasteiger partial charge < -0.3 is 10.4 Å². The molecule has 5 nitrogen and oxygen atoms in total. The van der Waals surface area contributed by atoms with Crippen molar-refractivity contribution in [1.29, 1.82) is 0 Å². The molecule has 1 heterocycles. The van der Waals surface area contributed by atoms with Gasteiger partial charge in [-0.15, -0.1) is 0 Å². The summed E-state index contributed by atoms with van der Waals surface area (Å²) in [5.41, 5.74) is 0.103. The molecule has 0 aliphatic heterocycles. The molecule has 0 aromatic carbocycles. The topological polar surface area (TPSA) is 79.3 Å². The van der Waals surface area contributed by atoms with Gasteiger partial charge in [-0.3, -0.25) is 4.79 Å². The molecule has 0 saturated carbocycles. The number of hydrogen-bond acceptors (Lipinski definition) is 3. The molecule has 0 saturated heterocycles. The largest absolute Gasteiger partial charge is 0.480 e. The summed E-state index contributed by atoms with van der Waals surface area (Å²) in [7, 11) is 0. The highest BCUT2D eigenvalue weighted by molar-refractivity contribution is 6.35. The van der Waals surface area contributed by atoms with Crippen molar-refractivity contribution >= 4 is 35.1 Å². The summed E-state index contributed by atoms with van der Waals surface area (Å²) in [5, 5.41) is 11.4. The van der Waals surface area contributed by atoms with Crippen molar-refractivity contribution in [3.63, 3.8) is 0 Å². The minimum absolute atomic E-state index is 0.103. The molecule has 1 unspecified atom stereocenters. The second-order valence-electron chi connectivity index (χ2n) is 3.26. The lowest BCUT2D eigenvalue weighted by molar-refractivity contribution is -0.139. The van der Waals surface area contributed by atoms with Crippen LogP contribution in [0, 0.1) is 0 Å². The molecule has 1 atom stereocenters. The van der Waals surface area contributed by atoms with Gasteiger partial charge in [0, 0.05) is 6.20 Å². The second-order valence-corrected chi connectivity index (χ2v) is 4.05. The van der Waals surface area contributed by atoms with Crippen molar-refractivity contribution in [1.82, 2.24) is 10.3 Å². The number of carbonyl (C=O) groups excluding carboxylic acids is 1. The Morgan fingerprint density at radius 2 is 2.18 bits per heavy atom. The summed E-state index contributed by atoms with van der Waals surface area (Å²) in [6.07, 6.45) is 1.51. The quantitative estimate of drug-likeness (QED) is 0.825. The zero-order valence-electron chi connectivity index (χ0n) is 8.91. The van der Waals surface area contributed by atoms with Gasteiger partial charge in [0.05, 0.1) is 10.6 Å². The van der Waals surface area contributed by atoms with Gasteiger partial charge in [0.15, 0.2) is 0 Å². The summed E-state index contributed by atoms with van der Waals surface area (Å²) in [6, 6.07) is 0.332. The highest BCUT2D eigenvalue weighted by Gasteiger charge is 2.20. The minimum atomic E-state index is -1.10. The molecular formula is C10H10Cl2N2O3. The van der Waals surface area contributed by atoms with Crippen LogP contribution < -0.4 is 5.32 Å². The van der Waals surface area contributed by atoms with E-state index in [0.29, 0.717) is 0 Å². The van der Waals surface area contributed by atoms with Crippen LogP contribution in [0.5, 0.6) is 0 Å². The number of halogens is 2. The van der Waals surface area contributed by atoms with E-state index in [1.165, 1.54) is 12.3 Å². The zero-order chi connectivity index (χ0) is 13.0. The van der Waals surface area contributed by atoms with Gasteiger partial charge in [-0.25, -0.2) is 9.78 Å². The molecule has 2 N–H and O–H groups in total. The van der Waals surface area contributed by atoms with E-state index in [9.17, 15) is 9.59 Å². The molecule has 0 bridgehead atoms. The van der Waals surface area contributed by atoms with E-state index >= 15 is 0 Å². The van der Waals surface area contributed by atoms with E-state index in [1.54, 1.807) is 6.92 Å². The Kier molecular flexibility index (Phi) is 4.72. The third-order valence-electron chi connectivity index (χ3n) is 2.08. The average Bonchev–Trinajstić information content (AvgIpc) is 2.28.